The van der Waals surface area contributed by atoms with Gasteiger partial charge < -0.3 is 9.42 Å². The first kappa shape index (κ1) is 17.7. The van der Waals surface area contributed by atoms with Crippen LogP contribution >= 0.6 is 11.6 Å². The normalized spacial score (nSPS) is 17.1. The van der Waals surface area contributed by atoms with Crippen molar-refractivity contribution in [1.29, 1.82) is 0 Å². The second kappa shape index (κ2) is 7.53. The van der Waals surface area contributed by atoms with Gasteiger partial charge in [-0.3, -0.25) is 4.79 Å². The van der Waals surface area contributed by atoms with Crippen molar-refractivity contribution >= 4 is 17.5 Å². The first-order chi connectivity index (χ1) is 13.1. The van der Waals surface area contributed by atoms with Gasteiger partial charge in [-0.1, -0.05) is 58.7 Å². The van der Waals surface area contributed by atoms with Crippen molar-refractivity contribution in [1.82, 2.24) is 15.0 Å². The Morgan fingerprint density at radius 2 is 1.93 bits per heavy atom. The van der Waals surface area contributed by atoms with Crippen molar-refractivity contribution in [2.75, 3.05) is 6.54 Å². The zero-order valence-electron chi connectivity index (χ0n) is 15.1. The average Bonchev–Trinajstić information content (AvgIpc) is 3.18. The Hall–Kier alpha value is -2.66. The van der Waals surface area contributed by atoms with Gasteiger partial charge in [0.05, 0.1) is 10.6 Å². The van der Waals surface area contributed by atoms with Gasteiger partial charge in [-0.05, 0) is 38.3 Å². The number of nitrogens with zero attached hydrogens (tertiary/aromatic N) is 3. The summed E-state index contributed by atoms with van der Waals surface area (Å²) in [6.07, 6.45) is 2.76. The van der Waals surface area contributed by atoms with Crippen LogP contribution in [-0.4, -0.2) is 27.5 Å². The van der Waals surface area contributed by atoms with Crippen LogP contribution in [0.5, 0.6) is 0 Å². The van der Waals surface area contributed by atoms with Crippen LogP contribution in [0.2, 0.25) is 5.02 Å². The van der Waals surface area contributed by atoms with Crippen LogP contribution in [0, 0.1) is 6.92 Å². The van der Waals surface area contributed by atoms with Crippen LogP contribution in [0.3, 0.4) is 0 Å². The Morgan fingerprint density at radius 1 is 1.15 bits per heavy atom. The third-order valence-corrected chi connectivity index (χ3v) is 5.23. The van der Waals surface area contributed by atoms with Gasteiger partial charge >= 0.3 is 0 Å². The van der Waals surface area contributed by atoms with Crippen LogP contribution < -0.4 is 0 Å². The van der Waals surface area contributed by atoms with E-state index in [1.165, 1.54) is 5.56 Å². The summed E-state index contributed by atoms with van der Waals surface area (Å²) in [5.74, 6) is 0.923. The Bertz CT molecular complexity index is 952. The van der Waals surface area contributed by atoms with Gasteiger partial charge in [0.15, 0.2) is 0 Å². The highest BCUT2D eigenvalue weighted by Crippen LogP contribution is 2.33. The van der Waals surface area contributed by atoms with E-state index in [-0.39, 0.29) is 11.9 Å². The average molecular weight is 382 g/mol. The highest BCUT2D eigenvalue weighted by atomic mass is 35.5. The lowest BCUT2D eigenvalue weighted by atomic mass is 10.0. The maximum absolute atomic E-state index is 13.1. The Kier molecular flexibility index (Phi) is 4.94. The fraction of sp³-hybridized carbons (Fsp3) is 0.286. The smallest absolute Gasteiger partial charge is 0.256 e. The molecule has 27 heavy (non-hydrogen) atoms. The van der Waals surface area contributed by atoms with Crippen LogP contribution in [0.4, 0.5) is 0 Å². The van der Waals surface area contributed by atoms with Crippen molar-refractivity contribution in [3.05, 3.63) is 70.6 Å². The molecular weight excluding hydrogens is 362 g/mol. The zero-order valence-corrected chi connectivity index (χ0v) is 15.8. The summed E-state index contributed by atoms with van der Waals surface area (Å²) in [5, 5.41) is 4.58. The molecule has 1 amide bonds. The highest BCUT2D eigenvalue weighted by Gasteiger charge is 2.33. The minimum atomic E-state index is -0.228. The van der Waals surface area contributed by atoms with Crippen LogP contribution in [0.25, 0.3) is 11.4 Å². The molecule has 0 saturated carbocycles. The maximum Gasteiger partial charge on any atom is 0.256 e. The van der Waals surface area contributed by atoms with E-state index >= 15 is 0 Å². The van der Waals surface area contributed by atoms with E-state index in [4.69, 9.17) is 16.1 Å². The predicted molar refractivity (Wildman–Crippen MR) is 104 cm³/mol. The fourth-order valence-corrected chi connectivity index (χ4v) is 3.63. The molecule has 0 bridgehead atoms. The van der Waals surface area contributed by atoms with Gasteiger partial charge in [0.25, 0.3) is 5.91 Å². The minimum absolute atomic E-state index is 0.0969. The quantitative estimate of drug-likeness (QED) is 0.635. The molecule has 1 atom stereocenters. The molecule has 1 unspecified atom stereocenters. The molecule has 5 nitrogen and oxygen atoms in total. The number of piperidine rings is 1. The Labute approximate surface area is 163 Å². The van der Waals surface area contributed by atoms with Gasteiger partial charge in [-0.2, -0.15) is 4.98 Å². The van der Waals surface area contributed by atoms with Gasteiger partial charge in [-0.15, -0.1) is 0 Å². The number of aryl methyl sites for hydroxylation is 1. The van der Waals surface area contributed by atoms with Gasteiger partial charge in [0, 0.05) is 12.1 Å². The van der Waals surface area contributed by atoms with Crippen molar-refractivity contribution in [3.8, 4) is 11.4 Å². The predicted octanol–water partition coefficient (Wildman–Crippen LogP) is 5.07. The number of halogens is 1. The lowest BCUT2D eigenvalue weighted by molar-refractivity contribution is 0.0561. The van der Waals surface area contributed by atoms with Crippen LogP contribution in [0.15, 0.2) is 53.1 Å². The molecule has 1 aliphatic heterocycles. The summed E-state index contributed by atoms with van der Waals surface area (Å²) in [6.45, 7) is 2.68. The molecule has 1 fully saturated rings. The second-order valence-electron chi connectivity index (χ2n) is 6.81. The monoisotopic (exact) mass is 381 g/mol. The Morgan fingerprint density at radius 3 is 2.70 bits per heavy atom. The van der Waals surface area contributed by atoms with E-state index < -0.39 is 0 Å². The number of likely N-dealkylation sites (tertiary alicyclic amines) is 1. The van der Waals surface area contributed by atoms with E-state index in [9.17, 15) is 4.79 Å². The largest absolute Gasteiger partial charge is 0.337 e. The number of rotatable bonds is 3. The standard InChI is InChI=1S/C21H20ClN3O2/c1-14-9-11-15(12-10-14)19-23-20(27-24-19)18-8-4-5-13-25(18)21(26)16-6-2-3-7-17(16)22/h2-3,6-7,9-12,18H,4-5,8,13H2,1H3. The summed E-state index contributed by atoms with van der Waals surface area (Å²) in [4.78, 5) is 19.5. The lowest BCUT2D eigenvalue weighted by Gasteiger charge is -2.33. The van der Waals surface area contributed by atoms with Gasteiger partial charge in [0.1, 0.15) is 6.04 Å². The van der Waals surface area contributed by atoms with Crippen molar-refractivity contribution in [2.45, 2.75) is 32.2 Å². The first-order valence-electron chi connectivity index (χ1n) is 9.09. The third kappa shape index (κ3) is 3.60. The number of benzene rings is 2. The molecule has 0 spiro atoms. The fourth-order valence-electron chi connectivity index (χ4n) is 3.41. The van der Waals surface area contributed by atoms with Gasteiger partial charge in [-0.25, -0.2) is 0 Å². The highest BCUT2D eigenvalue weighted by molar-refractivity contribution is 6.33. The molecule has 6 heteroatoms. The van der Waals surface area contributed by atoms with E-state index in [1.807, 2.05) is 43.3 Å². The summed E-state index contributed by atoms with van der Waals surface area (Å²) < 4.78 is 5.55. The van der Waals surface area contributed by atoms with E-state index in [2.05, 4.69) is 10.1 Å². The Balaban J connectivity index is 1.62. The molecular formula is C21H20ClN3O2. The molecule has 138 valence electrons. The van der Waals surface area contributed by atoms with E-state index in [0.29, 0.717) is 28.8 Å². The second-order valence-corrected chi connectivity index (χ2v) is 7.22. The molecule has 0 radical (unpaired) electrons. The van der Waals surface area contributed by atoms with Crippen LogP contribution in [0.1, 0.15) is 47.1 Å². The minimum Gasteiger partial charge on any atom is -0.337 e. The first-order valence-corrected chi connectivity index (χ1v) is 9.47. The van der Waals surface area contributed by atoms with Crippen LogP contribution in [-0.2, 0) is 0 Å². The third-order valence-electron chi connectivity index (χ3n) is 4.90. The molecule has 0 N–H and O–H groups in total. The molecule has 2 heterocycles. The molecule has 1 saturated heterocycles. The van der Waals surface area contributed by atoms with Gasteiger partial charge in [0.2, 0.25) is 11.7 Å². The number of hydrogen-bond donors (Lipinski definition) is 0. The van der Waals surface area contributed by atoms with Crippen molar-refractivity contribution in [3.63, 3.8) is 0 Å². The number of carbonyl (C=O) groups is 1. The lowest BCUT2D eigenvalue weighted by Crippen LogP contribution is -2.38. The zero-order chi connectivity index (χ0) is 18.8. The topological polar surface area (TPSA) is 59.2 Å². The van der Waals surface area contributed by atoms with E-state index in [0.717, 1.165) is 24.8 Å². The summed E-state index contributed by atoms with van der Waals surface area (Å²) in [5.41, 5.74) is 2.57. The summed E-state index contributed by atoms with van der Waals surface area (Å²) in [7, 11) is 0. The molecule has 1 aromatic heterocycles. The summed E-state index contributed by atoms with van der Waals surface area (Å²) >= 11 is 6.23. The molecule has 4 rings (SSSR count). The SMILES string of the molecule is Cc1ccc(-c2noc(C3CCCCN3C(=O)c3ccccc3Cl)n2)cc1. The molecule has 1 aliphatic rings. The van der Waals surface area contributed by atoms with Crippen molar-refractivity contribution < 1.29 is 9.32 Å². The maximum atomic E-state index is 13.1. The number of amides is 1. The van der Waals surface area contributed by atoms with Crippen molar-refractivity contribution in [2.24, 2.45) is 0 Å². The molecule has 0 aliphatic carbocycles. The number of aromatic nitrogens is 2. The molecule has 2 aromatic carbocycles. The number of carbonyl (C=O) groups excluding carboxylic acids is 1. The summed E-state index contributed by atoms with van der Waals surface area (Å²) in [6, 6.07) is 14.9. The van der Waals surface area contributed by atoms with E-state index in [1.54, 1.807) is 17.0 Å². The molecule has 3 aromatic rings. The number of hydrogen-bond acceptors (Lipinski definition) is 4.